The Hall–Kier alpha value is -5.26. The van der Waals surface area contributed by atoms with Gasteiger partial charge < -0.3 is 10.2 Å². The molecule has 12 heteroatoms. The van der Waals surface area contributed by atoms with E-state index in [1.165, 1.54) is 28.2 Å². The maximum Gasteiger partial charge on any atom is 0.333 e. The molecule has 12 nitrogen and oxygen atoms in total. The van der Waals surface area contributed by atoms with Crippen LogP contribution in [0.25, 0.3) is 0 Å². The number of nitrogens with zero attached hydrogens (tertiary/aromatic N) is 6. The SMILES string of the molecule is Cn1c(O)c(C(=NN=C(c2ccccc2)c2c(O)n(C)c(=O)n(C)c2=O)c2ccccc2)c(=O)n(C)c1=O. The van der Waals surface area contributed by atoms with Crippen LogP contribution in [0, 0.1) is 0 Å². The standard InChI is InChI=1S/C26H24N6O6/c1-29-21(33)17(22(34)30(2)25(29)37)19(15-11-7-5-8-12-15)27-28-20(16-13-9-6-10-14-16)18-23(35)31(3)26(38)32(4)24(18)36/h5-14,33,35H,1-4H3. The van der Waals surface area contributed by atoms with Crippen molar-refractivity contribution in [3.05, 3.63) is 125 Å². The van der Waals surface area contributed by atoms with Crippen LogP contribution in [0.15, 0.2) is 90.0 Å². The molecule has 0 aliphatic rings. The fraction of sp³-hybridized carbons (Fsp3) is 0.154. The summed E-state index contributed by atoms with van der Waals surface area (Å²) in [5.74, 6) is -1.25. The second-order valence-corrected chi connectivity index (χ2v) is 8.44. The fourth-order valence-corrected chi connectivity index (χ4v) is 3.88. The van der Waals surface area contributed by atoms with Crippen molar-refractivity contribution in [1.82, 2.24) is 18.3 Å². The van der Waals surface area contributed by atoms with Crippen molar-refractivity contribution in [1.29, 1.82) is 0 Å². The molecule has 0 atom stereocenters. The van der Waals surface area contributed by atoms with Gasteiger partial charge in [0.1, 0.15) is 22.6 Å². The minimum absolute atomic E-state index is 0.0890. The van der Waals surface area contributed by atoms with Gasteiger partial charge in [-0.15, -0.1) is 10.2 Å². The van der Waals surface area contributed by atoms with Gasteiger partial charge >= 0.3 is 11.4 Å². The zero-order chi connectivity index (χ0) is 27.7. The monoisotopic (exact) mass is 516 g/mol. The second-order valence-electron chi connectivity index (χ2n) is 8.44. The molecule has 0 saturated heterocycles. The van der Waals surface area contributed by atoms with Gasteiger partial charge in [-0.3, -0.25) is 27.9 Å². The summed E-state index contributed by atoms with van der Waals surface area (Å²) in [6, 6.07) is 16.7. The van der Waals surface area contributed by atoms with Crippen molar-refractivity contribution in [3.8, 4) is 11.8 Å². The van der Waals surface area contributed by atoms with Gasteiger partial charge in [0.05, 0.1) is 0 Å². The van der Waals surface area contributed by atoms with Crippen molar-refractivity contribution in [2.75, 3.05) is 0 Å². The van der Waals surface area contributed by atoms with E-state index in [-0.39, 0.29) is 22.6 Å². The van der Waals surface area contributed by atoms with Crippen molar-refractivity contribution < 1.29 is 10.2 Å². The molecule has 194 valence electrons. The molecule has 4 aromatic rings. The van der Waals surface area contributed by atoms with E-state index >= 15 is 0 Å². The Morgan fingerprint density at radius 1 is 0.553 bits per heavy atom. The van der Waals surface area contributed by atoms with Crippen molar-refractivity contribution in [2.45, 2.75) is 0 Å². The van der Waals surface area contributed by atoms with Gasteiger partial charge in [0, 0.05) is 39.3 Å². The number of hydrogen-bond donors (Lipinski definition) is 2. The molecule has 2 aromatic heterocycles. The number of rotatable bonds is 5. The van der Waals surface area contributed by atoms with E-state index < -0.39 is 34.3 Å². The highest BCUT2D eigenvalue weighted by Gasteiger charge is 2.24. The predicted octanol–water partition coefficient (Wildman–Crippen LogP) is 0.183. The van der Waals surface area contributed by atoms with Gasteiger partial charge in [0.15, 0.2) is 0 Å². The molecule has 0 spiro atoms. The highest BCUT2D eigenvalue weighted by atomic mass is 16.3. The zero-order valence-corrected chi connectivity index (χ0v) is 21.0. The van der Waals surface area contributed by atoms with E-state index in [2.05, 4.69) is 10.2 Å². The lowest BCUT2D eigenvalue weighted by Gasteiger charge is -2.13. The molecule has 0 aliphatic carbocycles. The zero-order valence-electron chi connectivity index (χ0n) is 21.0. The Morgan fingerprint density at radius 3 is 1.18 bits per heavy atom. The van der Waals surface area contributed by atoms with Crippen LogP contribution in [-0.2, 0) is 28.2 Å². The Kier molecular flexibility index (Phi) is 6.80. The molecule has 0 unspecified atom stereocenters. The lowest BCUT2D eigenvalue weighted by Crippen LogP contribution is -2.40. The number of benzene rings is 2. The molecule has 0 radical (unpaired) electrons. The van der Waals surface area contributed by atoms with E-state index in [9.17, 15) is 29.4 Å². The summed E-state index contributed by atoms with van der Waals surface area (Å²) in [6.07, 6.45) is 0. The summed E-state index contributed by atoms with van der Waals surface area (Å²) >= 11 is 0. The van der Waals surface area contributed by atoms with Gasteiger partial charge in [-0.05, 0) is 0 Å². The molecule has 0 fully saturated rings. The van der Waals surface area contributed by atoms with Crippen LogP contribution in [0.2, 0.25) is 0 Å². The Morgan fingerprint density at radius 2 is 0.868 bits per heavy atom. The molecule has 4 rings (SSSR count). The van der Waals surface area contributed by atoms with Crippen LogP contribution in [0.1, 0.15) is 22.3 Å². The molecule has 0 aliphatic heterocycles. The summed E-state index contributed by atoms with van der Waals surface area (Å²) in [4.78, 5) is 50.9. The third kappa shape index (κ3) is 4.28. The molecule has 38 heavy (non-hydrogen) atoms. The largest absolute Gasteiger partial charge is 0.494 e. The number of aromatic nitrogens is 4. The summed E-state index contributed by atoms with van der Waals surface area (Å²) in [5, 5.41) is 30.2. The molecular formula is C26H24N6O6. The molecule has 0 saturated carbocycles. The van der Waals surface area contributed by atoms with E-state index in [0.29, 0.717) is 11.1 Å². The fourth-order valence-electron chi connectivity index (χ4n) is 3.88. The molecule has 2 N–H and O–H groups in total. The first-order chi connectivity index (χ1) is 18.1. The first kappa shape index (κ1) is 25.8. The van der Waals surface area contributed by atoms with E-state index in [4.69, 9.17) is 0 Å². The van der Waals surface area contributed by atoms with Crippen LogP contribution in [0.5, 0.6) is 11.8 Å². The lowest BCUT2D eigenvalue weighted by molar-refractivity contribution is 0.409. The minimum atomic E-state index is -0.814. The van der Waals surface area contributed by atoms with Gasteiger partial charge in [-0.2, -0.15) is 0 Å². The third-order valence-corrected chi connectivity index (χ3v) is 6.09. The summed E-state index contributed by atoms with van der Waals surface area (Å²) < 4.78 is 3.44. The Bertz CT molecular complexity index is 1710. The van der Waals surface area contributed by atoms with Crippen molar-refractivity contribution in [3.63, 3.8) is 0 Å². The first-order valence-electron chi connectivity index (χ1n) is 11.3. The topological polar surface area (TPSA) is 153 Å². The van der Waals surface area contributed by atoms with E-state index in [1.807, 2.05) is 0 Å². The smallest absolute Gasteiger partial charge is 0.333 e. The first-order valence-corrected chi connectivity index (χ1v) is 11.3. The third-order valence-electron chi connectivity index (χ3n) is 6.09. The van der Waals surface area contributed by atoms with Crippen LogP contribution in [-0.4, -0.2) is 39.9 Å². The highest BCUT2D eigenvalue weighted by Crippen LogP contribution is 2.19. The maximum atomic E-state index is 13.1. The van der Waals surface area contributed by atoms with Crippen molar-refractivity contribution in [2.24, 2.45) is 38.4 Å². The van der Waals surface area contributed by atoms with Gasteiger partial charge in [0.2, 0.25) is 11.8 Å². The highest BCUT2D eigenvalue weighted by molar-refractivity contribution is 6.16. The number of aromatic hydroxyl groups is 2. The molecule has 2 aromatic carbocycles. The van der Waals surface area contributed by atoms with Crippen LogP contribution >= 0.6 is 0 Å². The second kappa shape index (κ2) is 10.0. The molecular weight excluding hydrogens is 492 g/mol. The van der Waals surface area contributed by atoms with Crippen LogP contribution < -0.4 is 22.5 Å². The van der Waals surface area contributed by atoms with Gasteiger partial charge in [-0.25, -0.2) is 9.59 Å². The minimum Gasteiger partial charge on any atom is -0.494 e. The quantitative estimate of drug-likeness (QED) is 0.285. The summed E-state index contributed by atoms with van der Waals surface area (Å²) in [5.41, 5.74) is -3.12. The van der Waals surface area contributed by atoms with Crippen molar-refractivity contribution >= 4 is 11.4 Å². The van der Waals surface area contributed by atoms with Crippen LogP contribution in [0.3, 0.4) is 0 Å². The average molecular weight is 517 g/mol. The predicted molar refractivity (Wildman–Crippen MR) is 141 cm³/mol. The van der Waals surface area contributed by atoms with E-state index in [0.717, 1.165) is 18.3 Å². The molecule has 0 amide bonds. The van der Waals surface area contributed by atoms with Crippen LogP contribution in [0.4, 0.5) is 0 Å². The normalized spacial score (nSPS) is 12.1. The Labute approximate surface area is 215 Å². The van der Waals surface area contributed by atoms with E-state index in [1.54, 1.807) is 60.7 Å². The molecule has 2 heterocycles. The lowest BCUT2D eigenvalue weighted by atomic mass is 10.0. The van der Waals surface area contributed by atoms with Gasteiger partial charge in [-0.1, -0.05) is 60.7 Å². The Balaban J connectivity index is 2.14. The average Bonchev–Trinajstić information content (AvgIpc) is 2.94. The summed E-state index contributed by atoms with van der Waals surface area (Å²) in [6.45, 7) is 0. The molecule has 0 bridgehead atoms. The van der Waals surface area contributed by atoms with Gasteiger partial charge in [0.25, 0.3) is 11.1 Å². The summed E-state index contributed by atoms with van der Waals surface area (Å²) in [7, 11) is 5.13. The maximum absolute atomic E-state index is 13.1. The number of hydrogen-bond acceptors (Lipinski definition) is 8.